The van der Waals surface area contributed by atoms with Gasteiger partial charge in [0.05, 0.1) is 23.4 Å². The Kier molecular flexibility index (Phi) is 6.71. The first-order valence-electron chi connectivity index (χ1n) is 9.55. The Morgan fingerprint density at radius 1 is 1.07 bits per heavy atom. The molecule has 3 rings (SSSR count). The lowest BCUT2D eigenvalue weighted by molar-refractivity contribution is 0.0985. The first-order valence-corrected chi connectivity index (χ1v) is 10.4. The summed E-state index contributed by atoms with van der Waals surface area (Å²) in [6.45, 7) is 5.24. The number of fused-ring (bicyclic) bond motifs is 1. The molecule has 154 valence electrons. The highest BCUT2D eigenvalue weighted by atomic mass is 32.1. The lowest BCUT2D eigenvalue weighted by Crippen LogP contribution is -2.36. The summed E-state index contributed by atoms with van der Waals surface area (Å²) < 4.78 is 12.0. The normalized spacial score (nSPS) is 11.3. The van der Waals surface area contributed by atoms with Gasteiger partial charge < -0.3 is 14.4 Å². The van der Waals surface area contributed by atoms with Crippen molar-refractivity contribution in [3.05, 3.63) is 48.0 Å². The summed E-state index contributed by atoms with van der Waals surface area (Å²) in [4.78, 5) is 21.8. The molecule has 0 radical (unpaired) electrons. The molecule has 6 nitrogen and oxygen atoms in total. The van der Waals surface area contributed by atoms with Gasteiger partial charge in [0, 0.05) is 18.7 Å². The minimum Gasteiger partial charge on any atom is -0.497 e. The van der Waals surface area contributed by atoms with Gasteiger partial charge in [-0.2, -0.15) is 0 Å². The molecule has 2 aromatic carbocycles. The van der Waals surface area contributed by atoms with E-state index in [0.29, 0.717) is 17.2 Å². The summed E-state index contributed by atoms with van der Waals surface area (Å²) in [6.07, 6.45) is 0.0906. The molecule has 0 saturated heterocycles. The number of rotatable bonds is 8. The molecule has 0 aliphatic rings. The van der Waals surface area contributed by atoms with Crippen LogP contribution in [0.25, 0.3) is 10.2 Å². The molecule has 0 aliphatic heterocycles. The van der Waals surface area contributed by atoms with E-state index < -0.39 is 0 Å². The number of methoxy groups -OCH3 is 1. The summed E-state index contributed by atoms with van der Waals surface area (Å²) in [5.74, 6) is 1.46. The van der Waals surface area contributed by atoms with E-state index in [-0.39, 0.29) is 12.0 Å². The number of benzene rings is 2. The Morgan fingerprint density at radius 3 is 2.38 bits per heavy atom. The third-order valence-corrected chi connectivity index (χ3v) is 5.35. The van der Waals surface area contributed by atoms with Crippen LogP contribution in [0.1, 0.15) is 24.2 Å². The number of carbonyl (C=O) groups is 1. The average molecular weight is 414 g/mol. The van der Waals surface area contributed by atoms with Crippen molar-refractivity contribution < 1.29 is 14.3 Å². The lowest BCUT2D eigenvalue weighted by atomic mass is 10.2. The van der Waals surface area contributed by atoms with E-state index in [1.807, 2.05) is 58.3 Å². The van der Waals surface area contributed by atoms with Gasteiger partial charge in [0.2, 0.25) is 0 Å². The predicted octanol–water partition coefficient (Wildman–Crippen LogP) is 4.30. The number of amides is 1. The molecule has 3 aromatic rings. The van der Waals surface area contributed by atoms with Crippen molar-refractivity contribution in [2.24, 2.45) is 0 Å². The van der Waals surface area contributed by atoms with E-state index in [2.05, 4.69) is 4.90 Å². The topological polar surface area (TPSA) is 54.9 Å². The molecule has 0 N–H and O–H groups in total. The molecule has 0 unspecified atom stereocenters. The van der Waals surface area contributed by atoms with Crippen LogP contribution in [0.15, 0.2) is 42.5 Å². The monoisotopic (exact) mass is 413 g/mol. The second kappa shape index (κ2) is 9.24. The van der Waals surface area contributed by atoms with Crippen LogP contribution >= 0.6 is 11.3 Å². The van der Waals surface area contributed by atoms with Crippen molar-refractivity contribution in [1.82, 2.24) is 9.88 Å². The highest BCUT2D eigenvalue weighted by Crippen LogP contribution is 2.32. The van der Waals surface area contributed by atoms with Crippen LogP contribution in [0.3, 0.4) is 0 Å². The van der Waals surface area contributed by atoms with Crippen molar-refractivity contribution >= 4 is 32.6 Å². The van der Waals surface area contributed by atoms with E-state index in [1.54, 1.807) is 24.1 Å². The number of hydrogen-bond donors (Lipinski definition) is 0. The quantitative estimate of drug-likeness (QED) is 0.551. The zero-order valence-corrected chi connectivity index (χ0v) is 18.3. The van der Waals surface area contributed by atoms with Gasteiger partial charge in [-0.25, -0.2) is 4.98 Å². The van der Waals surface area contributed by atoms with Gasteiger partial charge in [0.1, 0.15) is 11.5 Å². The highest BCUT2D eigenvalue weighted by molar-refractivity contribution is 7.22. The molecule has 1 amide bonds. The third-order valence-electron chi connectivity index (χ3n) is 4.30. The molecule has 0 saturated carbocycles. The Balaban J connectivity index is 1.91. The highest BCUT2D eigenvalue weighted by Gasteiger charge is 2.21. The molecule has 29 heavy (non-hydrogen) atoms. The summed E-state index contributed by atoms with van der Waals surface area (Å²) >= 11 is 1.49. The number of nitrogens with zero attached hydrogens (tertiary/aromatic N) is 3. The Hall–Kier alpha value is -2.64. The van der Waals surface area contributed by atoms with Gasteiger partial charge in [-0.05, 0) is 70.4 Å². The Morgan fingerprint density at radius 2 is 1.76 bits per heavy atom. The fraction of sp³-hybridized carbons (Fsp3) is 0.364. The van der Waals surface area contributed by atoms with Crippen LogP contribution in [0, 0.1) is 0 Å². The predicted molar refractivity (Wildman–Crippen MR) is 119 cm³/mol. The molecular weight excluding hydrogens is 386 g/mol. The molecule has 0 aliphatic carbocycles. The van der Waals surface area contributed by atoms with Gasteiger partial charge in [-0.3, -0.25) is 9.69 Å². The summed E-state index contributed by atoms with van der Waals surface area (Å²) in [7, 11) is 5.62. The van der Waals surface area contributed by atoms with Crippen LogP contribution in [-0.4, -0.2) is 56.2 Å². The molecular formula is C22H27N3O3S. The largest absolute Gasteiger partial charge is 0.497 e. The van der Waals surface area contributed by atoms with Crippen molar-refractivity contribution in [2.75, 3.05) is 39.2 Å². The van der Waals surface area contributed by atoms with E-state index in [9.17, 15) is 4.79 Å². The minimum absolute atomic E-state index is 0.0750. The number of thiazole rings is 1. The van der Waals surface area contributed by atoms with Gasteiger partial charge in [0.25, 0.3) is 5.91 Å². The molecule has 0 spiro atoms. The summed E-state index contributed by atoms with van der Waals surface area (Å²) in [5, 5.41) is 0.683. The summed E-state index contributed by atoms with van der Waals surface area (Å²) in [6, 6.07) is 13.0. The summed E-state index contributed by atoms with van der Waals surface area (Å²) in [5.41, 5.74) is 1.46. The van der Waals surface area contributed by atoms with Crippen molar-refractivity contribution in [3.63, 3.8) is 0 Å². The smallest absolute Gasteiger partial charge is 0.260 e. The third kappa shape index (κ3) is 5.25. The van der Waals surface area contributed by atoms with Crippen molar-refractivity contribution in [1.29, 1.82) is 0 Å². The van der Waals surface area contributed by atoms with Gasteiger partial charge in [-0.1, -0.05) is 11.3 Å². The molecule has 1 heterocycles. The number of carbonyl (C=O) groups excluding carboxylic acids is 1. The molecule has 0 fully saturated rings. The Bertz CT molecular complexity index is 967. The number of likely N-dealkylation sites (N-methyl/N-ethyl adjacent to an activating group) is 1. The van der Waals surface area contributed by atoms with E-state index in [0.717, 1.165) is 28.3 Å². The molecule has 0 atom stereocenters. The van der Waals surface area contributed by atoms with Crippen LogP contribution < -0.4 is 14.4 Å². The lowest BCUT2D eigenvalue weighted by Gasteiger charge is -2.22. The fourth-order valence-electron chi connectivity index (χ4n) is 2.82. The van der Waals surface area contributed by atoms with Crippen molar-refractivity contribution in [3.8, 4) is 11.5 Å². The fourth-order valence-corrected chi connectivity index (χ4v) is 3.84. The standard InChI is InChI=1S/C22H27N3O3S/c1-15(2)28-17-8-6-16(7-9-17)21(26)25(13-12-24(3)4)22-23-19-11-10-18(27-5)14-20(19)29-22/h6-11,14-15H,12-13H2,1-5H3. The zero-order valence-electron chi connectivity index (χ0n) is 17.5. The van der Waals surface area contributed by atoms with Crippen LogP contribution in [0.5, 0.6) is 11.5 Å². The van der Waals surface area contributed by atoms with Crippen LogP contribution in [-0.2, 0) is 0 Å². The Labute approximate surface area is 175 Å². The average Bonchev–Trinajstić information content (AvgIpc) is 3.10. The maximum atomic E-state index is 13.3. The molecule has 7 heteroatoms. The van der Waals surface area contributed by atoms with Crippen LogP contribution in [0.4, 0.5) is 5.13 Å². The number of aromatic nitrogens is 1. The number of hydrogen-bond acceptors (Lipinski definition) is 6. The van der Waals surface area contributed by atoms with E-state index >= 15 is 0 Å². The second-order valence-corrected chi connectivity index (χ2v) is 8.29. The second-order valence-electron chi connectivity index (χ2n) is 7.28. The van der Waals surface area contributed by atoms with Crippen molar-refractivity contribution in [2.45, 2.75) is 20.0 Å². The van der Waals surface area contributed by atoms with E-state index in [1.165, 1.54) is 11.3 Å². The molecule has 1 aromatic heterocycles. The maximum Gasteiger partial charge on any atom is 0.260 e. The molecule has 0 bridgehead atoms. The van der Waals surface area contributed by atoms with E-state index in [4.69, 9.17) is 14.5 Å². The number of anilines is 1. The maximum absolute atomic E-state index is 13.3. The van der Waals surface area contributed by atoms with Gasteiger partial charge in [-0.15, -0.1) is 0 Å². The van der Waals surface area contributed by atoms with Gasteiger partial charge >= 0.3 is 0 Å². The zero-order chi connectivity index (χ0) is 21.0. The van der Waals surface area contributed by atoms with Crippen LogP contribution in [0.2, 0.25) is 0 Å². The number of ether oxygens (including phenoxy) is 2. The first-order chi connectivity index (χ1) is 13.9. The minimum atomic E-state index is -0.0750. The SMILES string of the molecule is COc1ccc2nc(N(CCN(C)C)C(=O)c3ccc(OC(C)C)cc3)sc2c1. The van der Waals surface area contributed by atoms with Gasteiger partial charge in [0.15, 0.2) is 5.13 Å². The first kappa shape index (κ1) is 21.1.